The number of benzene rings is 1. The molecule has 1 saturated heterocycles. The summed E-state index contributed by atoms with van der Waals surface area (Å²) in [7, 11) is 0. The summed E-state index contributed by atoms with van der Waals surface area (Å²) in [5.41, 5.74) is 15.3. The van der Waals surface area contributed by atoms with E-state index in [0.717, 1.165) is 55.4 Å². The van der Waals surface area contributed by atoms with Crippen molar-refractivity contribution < 1.29 is 9.47 Å². The lowest BCUT2D eigenvalue weighted by Gasteiger charge is -2.09. The number of anilines is 2. The molecule has 21 heavy (non-hydrogen) atoms. The van der Waals surface area contributed by atoms with Crippen molar-refractivity contribution in [3.05, 3.63) is 48.1 Å². The lowest BCUT2D eigenvalue weighted by molar-refractivity contribution is -0.0334. The van der Waals surface area contributed by atoms with E-state index in [1.165, 1.54) is 0 Å². The van der Waals surface area contributed by atoms with Crippen LogP contribution in [0.15, 0.2) is 36.9 Å². The molecule has 5 heteroatoms. The molecule has 1 aliphatic rings. The van der Waals surface area contributed by atoms with Gasteiger partial charge in [-0.05, 0) is 30.5 Å². The minimum absolute atomic E-state index is 0. The highest BCUT2D eigenvalue weighted by Crippen LogP contribution is 2.23. The van der Waals surface area contributed by atoms with Crippen LogP contribution in [0.5, 0.6) is 0 Å². The van der Waals surface area contributed by atoms with E-state index in [1.54, 1.807) is 6.08 Å². The van der Waals surface area contributed by atoms with Crippen LogP contribution in [-0.2, 0) is 15.9 Å². The molecular formula is C16H25ClN2O2. The molecule has 0 bridgehead atoms. The molecule has 0 amide bonds. The van der Waals surface area contributed by atoms with Crippen LogP contribution in [0.25, 0.3) is 0 Å². The molecule has 1 fully saturated rings. The summed E-state index contributed by atoms with van der Waals surface area (Å²) >= 11 is 0. The van der Waals surface area contributed by atoms with E-state index >= 15 is 0 Å². The van der Waals surface area contributed by atoms with Gasteiger partial charge in [0.05, 0.1) is 26.4 Å². The van der Waals surface area contributed by atoms with Crippen LogP contribution in [0.3, 0.4) is 0 Å². The van der Waals surface area contributed by atoms with Crippen molar-refractivity contribution in [3.63, 3.8) is 0 Å². The Labute approximate surface area is 133 Å². The van der Waals surface area contributed by atoms with Crippen LogP contribution in [0.1, 0.15) is 11.1 Å². The van der Waals surface area contributed by atoms with Gasteiger partial charge in [0, 0.05) is 11.4 Å². The number of hydrogen-bond acceptors (Lipinski definition) is 4. The first-order chi connectivity index (χ1) is 9.66. The molecule has 118 valence electrons. The highest BCUT2D eigenvalue weighted by molar-refractivity contribution is 5.85. The fourth-order valence-electron chi connectivity index (χ4n) is 1.71. The van der Waals surface area contributed by atoms with Gasteiger partial charge in [0.2, 0.25) is 0 Å². The van der Waals surface area contributed by atoms with E-state index in [0.29, 0.717) is 0 Å². The van der Waals surface area contributed by atoms with Crippen LogP contribution >= 0.6 is 12.4 Å². The Morgan fingerprint density at radius 2 is 1.71 bits per heavy atom. The first-order valence-corrected chi connectivity index (χ1v) is 6.73. The van der Waals surface area contributed by atoms with Crippen LogP contribution in [0.4, 0.5) is 11.4 Å². The van der Waals surface area contributed by atoms with Gasteiger partial charge in [0.15, 0.2) is 0 Å². The van der Waals surface area contributed by atoms with Gasteiger partial charge in [0.25, 0.3) is 0 Å². The molecule has 0 radical (unpaired) electrons. The standard InChI is InChI=1S/C12H16N2.C4H8O2.ClH/c1-3-4-5-6-10-7-8-11(13)9(2)12(10)14;1-2-6-4-3-5-1;/h3-5,7-8H,1,6,13-14H2,2H3;1-4H2;1H. The molecule has 0 unspecified atom stereocenters. The largest absolute Gasteiger partial charge is 0.398 e. The molecule has 0 aromatic heterocycles. The summed E-state index contributed by atoms with van der Waals surface area (Å²) in [6.07, 6.45) is 6.50. The van der Waals surface area contributed by atoms with Crippen LogP contribution in [0.2, 0.25) is 0 Å². The summed E-state index contributed by atoms with van der Waals surface area (Å²) in [5.74, 6) is 0. The van der Waals surface area contributed by atoms with E-state index in [4.69, 9.17) is 20.9 Å². The third kappa shape index (κ3) is 7.18. The average molecular weight is 313 g/mol. The second-order valence-electron chi connectivity index (χ2n) is 4.45. The van der Waals surface area contributed by atoms with Gasteiger partial charge < -0.3 is 20.9 Å². The van der Waals surface area contributed by atoms with E-state index < -0.39 is 0 Å². The molecule has 4 nitrogen and oxygen atoms in total. The molecule has 0 spiro atoms. The van der Waals surface area contributed by atoms with Gasteiger partial charge in [-0.15, -0.1) is 12.4 Å². The van der Waals surface area contributed by atoms with Gasteiger partial charge in [-0.25, -0.2) is 0 Å². The van der Waals surface area contributed by atoms with Crippen LogP contribution in [0, 0.1) is 6.92 Å². The monoisotopic (exact) mass is 312 g/mol. The minimum atomic E-state index is 0. The number of ether oxygens (including phenoxy) is 2. The summed E-state index contributed by atoms with van der Waals surface area (Å²) in [6, 6.07) is 3.86. The predicted octanol–water partition coefficient (Wildman–Crippen LogP) is 2.90. The maximum atomic E-state index is 5.93. The topological polar surface area (TPSA) is 70.5 Å². The van der Waals surface area contributed by atoms with Gasteiger partial charge in [-0.1, -0.05) is 30.9 Å². The first kappa shape index (κ1) is 19.5. The van der Waals surface area contributed by atoms with Gasteiger partial charge in [-0.3, -0.25) is 0 Å². The zero-order valence-corrected chi connectivity index (χ0v) is 13.3. The molecule has 0 aliphatic carbocycles. The van der Waals surface area contributed by atoms with Crippen molar-refractivity contribution in [1.29, 1.82) is 0 Å². The van der Waals surface area contributed by atoms with Crippen LogP contribution < -0.4 is 11.5 Å². The third-order valence-electron chi connectivity index (χ3n) is 3.00. The van der Waals surface area contributed by atoms with E-state index in [2.05, 4.69) is 6.58 Å². The Morgan fingerprint density at radius 1 is 1.14 bits per heavy atom. The molecule has 0 saturated carbocycles. The first-order valence-electron chi connectivity index (χ1n) is 6.73. The summed E-state index contributed by atoms with van der Waals surface area (Å²) in [5, 5.41) is 0. The van der Waals surface area contributed by atoms with Gasteiger partial charge >= 0.3 is 0 Å². The Bertz CT molecular complexity index is 446. The van der Waals surface area contributed by atoms with E-state index in [-0.39, 0.29) is 12.4 Å². The number of rotatable bonds is 3. The van der Waals surface area contributed by atoms with Gasteiger partial charge in [0.1, 0.15) is 0 Å². The molecule has 1 aromatic rings. The van der Waals surface area contributed by atoms with Crippen molar-refractivity contribution in [3.8, 4) is 0 Å². The Hall–Kier alpha value is -1.49. The molecule has 2 rings (SSSR count). The van der Waals surface area contributed by atoms with Crippen molar-refractivity contribution in [2.45, 2.75) is 13.3 Å². The summed E-state index contributed by atoms with van der Waals surface area (Å²) in [4.78, 5) is 0. The minimum Gasteiger partial charge on any atom is -0.398 e. The second kappa shape index (κ2) is 11.2. The lowest BCUT2D eigenvalue weighted by Crippen LogP contribution is -2.16. The highest BCUT2D eigenvalue weighted by Gasteiger charge is 2.02. The van der Waals surface area contributed by atoms with Crippen LogP contribution in [-0.4, -0.2) is 26.4 Å². The molecule has 4 N–H and O–H groups in total. The summed E-state index contributed by atoms with van der Waals surface area (Å²) in [6.45, 7) is 8.65. The summed E-state index contributed by atoms with van der Waals surface area (Å²) < 4.78 is 9.89. The molecule has 1 aromatic carbocycles. The zero-order valence-electron chi connectivity index (χ0n) is 12.5. The normalized spacial score (nSPS) is 14.0. The fraction of sp³-hybridized carbons (Fsp3) is 0.375. The quantitative estimate of drug-likeness (QED) is 0.665. The molecule has 1 aliphatic heterocycles. The zero-order chi connectivity index (χ0) is 14.8. The number of nitrogens with two attached hydrogens (primary N) is 2. The van der Waals surface area contributed by atoms with Crippen molar-refractivity contribution in [2.75, 3.05) is 37.9 Å². The maximum absolute atomic E-state index is 5.93. The highest BCUT2D eigenvalue weighted by atomic mass is 35.5. The Balaban J connectivity index is 0.000000480. The number of nitrogen functional groups attached to an aromatic ring is 2. The molecule has 0 atom stereocenters. The molecule has 1 heterocycles. The predicted molar refractivity (Wildman–Crippen MR) is 91.9 cm³/mol. The van der Waals surface area contributed by atoms with E-state index in [9.17, 15) is 0 Å². The Morgan fingerprint density at radius 3 is 2.19 bits per heavy atom. The smallest absolute Gasteiger partial charge is 0.0701 e. The van der Waals surface area contributed by atoms with Crippen molar-refractivity contribution in [2.24, 2.45) is 0 Å². The Kier molecular flexibility index (Phi) is 10.4. The number of allylic oxidation sites excluding steroid dienone is 3. The molecular weight excluding hydrogens is 288 g/mol. The maximum Gasteiger partial charge on any atom is 0.0701 e. The number of halogens is 1. The van der Waals surface area contributed by atoms with E-state index in [1.807, 2.05) is 31.2 Å². The number of hydrogen-bond donors (Lipinski definition) is 2. The van der Waals surface area contributed by atoms with Crippen molar-refractivity contribution >= 4 is 23.8 Å². The SMILES string of the molecule is C1COCCO1.C=CC=CCc1ccc(N)c(C)c1N.Cl. The second-order valence-corrected chi connectivity index (χ2v) is 4.45. The van der Waals surface area contributed by atoms with Gasteiger partial charge in [-0.2, -0.15) is 0 Å². The lowest BCUT2D eigenvalue weighted by atomic mass is 10.0. The fourth-order valence-corrected chi connectivity index (χ4v) is 1.71. The third-order valence-corrected chi connectivity index (χ3v) is 3.00. The van der Waals surface area contributed by atoms with Crippen molar-refractivity contribution in [1.82, 2.24) is 0 Å². The average Bonchev–Trinajstić information content (AvgIpc) is 2.50.